The molecule has 0 bridgehead atoms. The number of rotatable bonds is 6. The number of ether oxygens (including phenoxy) is 1. The minimum absolute atomic E-state index is 0.280. The molecule has 0 saturated heterocycles. The number of carbonyl (C=O) groups is 1. The Balaban J connectivity index is 1.70. The molecule has 0 fully saturated rings. The molecule has 122 valence electrons. The van der Waals surface area contributed by atoms with Crippen LogP contribution in [-0.2, 0) is 0 Å². The van der Waals surface area contributed by atoms with E-state index in [-0.39, 0.29) is 6.03 Å². The molecular formula is C17H22N4O2. The standard InChI is InChI=1S/C17H22N4O2/c1-13-5-4-6-15(11-13)23-10-9-18-17(22)20-14-7-8-16(19-12-14)21(2)3/h4-8,11-12H,9-10H2,1-3H3,(H2,18,20,22). The van der Waals surface area contributed by atoms with Gasteiger partial charge in [-0.1, -0.05) is 12.1 Å². The van der Waals surface area contributed by atoms with Gasteiger partial charge in [0.25, 0.3) is 0 Å². The van der Waals surface area contributed by atoms with Crippen LogP contribution in [0.1, 0.15) is 5.56 Å². The highest BCUT2D eigenvalue weighted by atomic mass is 16.5. The van der Waals surface area contributed by atoms with Gasteiger partial charge in [-0.15, -0.1) is 0 Å². The third-order valence-electron chi connectivity index (χ3n) is 3.11. The molecule has 0 unspecified atom stereocenters. The van der Waals surface area contributed by atoms with Gasteiger partial charge in [0.15, 0.2) is 0 Å². The van der Waals surface area contributed by atoms with Crippen molar-refractivity contribution >= 4 is 17.5 Å². The van der Waals surface area contributed by atoms with Gasteiger partial charge in [0.1, 0.15) is 18.2 Å². The molecule has 0 aliphatic heterocycles. The monoisotopic (exact) mass is 314 g/mol. The van der Waals surface area contributed by atoms with Crippen LogP contribution in [0.2, 0.25) is 0 Å². The smallest absolute Gasteiger partial charge is 0.319 e. The molecule has 0 atom stereocenters. The Morgan fingerprint density at radius 2 is 2.09 bits per heavy atom. The maximum Gasteiger partial charge on any atom is 0.319 e. The van der Waals surface area contributed by atoms with Gasteiger partial charge in [-0.3, -0.25) is 0 Å². The number of hydrogen-bond acceptors (Lipinski definition) is 4. The summed E-state index contributed by atoms with van der Waals surface area (Å²) in [7, 11) is 3.83. The van der Waals surface area contributed by atoms with Crippen LogP contribution < -0.4 is 20.3 Å². The summed E-state index contributed by atoms with van der Waals surface area (Å²) in [5, 5.41) is 5.47. The minimum atomic E-state index is -0.280. The van der Waals surface area contributed by atoms with Crippen LogP contribution in [0.15, 0.2) is 42.6 Å². The highest BCUT2D eigenvalue weighted by molar-refractivity contribution is 5.89. The summed E-state index contributed by atoms with van der Waals surface area (Å²) in [6, 6.07) is 11.2. The number of benzene rings is 1. The maximum absolute atomic E-state index is 11.8. The van der Waals surface area contributed by atoms with Gasteiger partial charge < -0.3 is 20.3 Å². The van der Waals surface area contributed by atoms with E-state index in [4.69, 9.17) is 4.74 Å². The summed E-state index contributed by atoms with van der Waals surface area (Å²) in [6.07, 6.45) is 1.62. The second-order valence-electron chi connectivity index (χ2n) is 5.35. The number of hydrogen-bond donors (Lipinski definition) is 2. The van der Waals surface area contributed by atoms with E-state index in [2.05, 4.69) is 15.6 Å². The first kappa shape index (κ1) is 16.6. The van der Waals surface area contributed by atoms with E-state index in [1.165, 1.54) is 0 Å². The van der Waals surface area contributed by atoms with Crippen LogP contribution in [0, 0.1) is 6.92 Å². The zero-order chi connectivity index (χ0) is 16.7. The van der Waals surface area contributed by atoms with Gasteiger partial charge in [0.2, 0.25) is 0 Å². The van der Waals surface area contributed by atoms with Gasteiger partial charge in [0, 0.05) is 14.1 Å². The number of pyridine rings is 1. The first-order valence-corrected chi connectivity index (χ1v) is 7.42. The van der Waals surface area contributed by atoms with Crippen LogP contribution in [0.4, 0.5) is 16.3 Å². The summed E-state index contributed by atoms with van der Waals surface area (Å²) in [4.78, 5) is 17.9. The van der Waals surface area contributed by atoms with E-state index in [0.717, 1.165) is 17.1 Å². The Hall–Kier alpha value is -2.76. The quantitative estimate of drug-likeness (QED) is 0.805. The lowest BCUT2D eigenvalue weighted by molar-refractivity contribution is 0.247. The Kier molecular flexibility index (Phi) is 5.80. The average Bonchev–Trinajstić information content (AvgIpc) is 2.52. The Labute approximate surface area is 136 Å². The molecule has 6 heteroatoms. The van der Waals surface area contributed by atoms with Crippen LogP contribution in [0.3, 0.4) is 0 Å². The highest BCUT2D eigenvalue weighted by Gasteiger charge is 2.03. The molecule has 2 aromatic rings. The van der Waals surface area contributed by atoms with E-state index >= 15 is 0 Å². The molecule has 0 saturated carbocycles. The summed E-state index contributed by atoms with van der Waals surface area (Å²) in [6.45, 7) is 2.84. The van der Waals surface area contributed by atoms with Crippen molar-refractivity contribution in [1.82, 2.24) is 10.3 Å². The summed E-state index contributed by atoms with van der Waals surface area (Å²) >= 11 is 0. The normalized spacial score (nSPS) is 10.0. The SMILES string of the molecule is Cc1cccc(OCCNC(=O)Nc2ccc(N(C)C)nc2)c1. The lowest BCUT2D eigenvalue weighted by atomic mass is 10.2. The fraction of sp³-hybridized carbons (Fsp3) is 0.294. The molecule has 2 rings (SSSR count). The van der Waals surface area contributed by atoms with Crippen molar-refractivity contribution in [3.05, 3.63) is 48.2 Å². The molecule has 6 nitrogen and oxygen atoms in total. The van der Waals surface area contributed by atoms with E-state index in [0.29, 0.717) is 18.8 Å². The van der Waals surface area contributed by atoms with Gasteiger partial charge in [0.05, 0.1) is 18.4 Å². The fourth-order valence-corrected chi connectivity index (χ4v) is 1.94. The van der Waals surface area contributed by atoms with Crippen LogP contribution >= 0.6 is 0 Å². The predicted molar refractivity (Wildman–Crippen MR) is 92.3 cm³/mol. The number of aryl methyl sites for hydroxylation is 1. The molecule has 1 heterocycles. The van der Waals surface area contributed by atoms with E-state index < -0.39 is 0 Å². The van der Waals surface area contributed by atoms with Crippen LogP contribution in [-0.4, -0.2) is 38.3 Å². The number of urea groups is 1. The van der Waals surface area contributed by atoms with Crippen molar-refractivity contribution in [2.24, 2.45) is 0 Å². The van der Waals surface area contributed by atoms with Crippen molar-refractivity contribution < 1.29 is 9.53 Å². The van der Waals surface area contributed by atoms with Crippen molar-refractivity contribution in [2.45, 2.75) is 6.92 Å². The number of nitrogens with one attached hydrogen (secondary N) is 2. The Bertz CT molecular complexity index is 641. The van der Waals surface area contributed by atoms with Crippen molar-refractivity contribution in [1.29, 1.82) is 0 Å². The third-order valence-corrected chi connectivity index (χ3v) is 3.11. The molecular weight excluding hydrogens is 292 g/mol. The lowest BCUT2D eigenvalue weighted by Gasteiger charge is -2.12. The van der Waals surface area contributed by atoms with Crippen LogP contribution in [0.5, 0.6) is 5.75 Å². The van der Waals surface area contributed by atoms with E-state index in [1.54, 1.807) is 6.20 Å². The van der Waals surface area contributed by atoms with Crippen molar-refractivity contribution in [2.75, 3.05) is 37.5 Å². The van der Waals surface area contributed by atoms with Gasteiger partial charge in [-0.25, -0.2) is 9.78 Å². The largest absolute Gasteiger partial charge is 0.492 e. The number of nitrogens with zero attached hydrogens (tertiary/aromatic N) is 2. The number of anilines is 2. The average molecular weight is 314 g/mol. The summed E-state index contributed by atoms with van der Waals surface area (Å²) < 4.78 is 5.57. The van der Waals surface area contributed by atoms with E-state index in [1.807, 2.05) is 62.3 Å². The Morgan fingerprint density at radius 3 is 2.74 bits per heavy atom. The lowest BCUT2D eigenvalue weighted by Crippen LogP contribution is -2.32. The van der Waals surface area contributed by atoms with E-state index in [9.17, 15) is 4.79 Å². The number of amides is 2. The third kappa shape index (κ3) is 5.50. The van der Waals surface area contributed by atoms with Gasteiger partial charge >= 0.3 is 6.03 Å². The summed E-state index contributed by atoms with van der Waals surface area (Å²) in [5.41, 5.74) is 1.79. The maximum atomic E-state index is 11.8. The molecule has 1 aromatic carbocycles. The molecule has 1 aromatic heterocycles. The molecule has 2 N–H and O–H groups in total. The zero-order valence-corrected chi connectivity index (χ0v) is 13.7. The van der Waals surface area contributed by atoms with Gasteiger partial charge in [-0.2, -0.15) is 0 Å². The minimum Gasteiger partial charge on any atom is -0.492 e. The molecule has 0 aliphatic carbocycles. The highest BCUT2D eigenvalue weighted by Crippen LogP contribution is 2.12. The molecule has 2 amide bonds. The van der Waals surface area contributed by atoms with Crippen LogP contribution in [0.25, 0.3) is 0 Å². The number of carbonyl (C=O) groups excluding carboxylic acids is 1. The number of aromatic nitrogens is 1. The van der Waals surface area contributed by atoms with Crippen molar-refractivity contribution in [3.63, 3.8) is 0 Å². The molecule has 0 radical (unpaired) electrons. The Morgan fingerprint density at radius 1 is 1.26 bits per heavy atom. The summed E-state index contributed by atoms with van der Waals surface area (Å²) in [5.74, 6) is 1.64. The topological polar surface area (TPSA) is 66.5 Å². The molecule has 23 heavy (non-hydrogen) atoms. The van der Waals surface area contributed by atoms with Gasteiger partial charge in [-0.05, 0) is 36.8 Å². The molecule has 0 spiro atoms. The first-order valence-electron chi connectivity index (χ1n) is 7.42. The van der Waals surface area contributed by atoms with Crippen molar-refractivity contribution in [3.8, 4) is 5.75 Å². The second kappa shape index (κ2) is 8.03. The molecule has 0 aliphatic rings. The first-order chi connectivity index (χ1) is 11.0. The predicted octanol–water partition coefficient (Wildman–Crippen LogP) is 2.66. The zero-order valence-electron chi connectivity index (χ0n) is 13.7. The fourth-order valence-electron chi connectivity index (χ4n) is 1.94. The second-order valence-corrected chi connectivity index (χ2v) is 5.35.